The van der Waals surface area contributed by atoms with Gasteiger partial charge in [0.05, 0.1) is 24.5 Å². The van der Waals surface area contributed by atoms with Gasteiger partial charge in [0.25, 0.3) is 5.56 Å². The van der Waals surface area contributed by atoms with Crippen LogP contribution in [-0.4, -0.2) is 56.8 Å². The van der Waals surface area contributed by atoms with Crippen LogP contribution in [0.4, 0.5) is 10.1 Å². The van der Waals surface area contributed by atoms with Gasteiger partial charge in [-0.15, -0.1) is 0 Å². The zero-order chi connectivity index (χ0) is 28.5. The predicted octanol–water partition coefficient (Wildman–Crippen LogP) is -0.238. The molecular formula is C23H29FN6O7S. The highest BCUT2D eigenvalue weighted by Gasteiger charge is 2.21. The molecule has 206 valence electrons. The molecule has 0 aliphatic heterocycles. The predicted molar refractivity (Wildman–Crippen MR) is 137 cm³/mol. The number of guanidine groups is 1. The van der Waals surface area contributed by atoms with E-state index < -0.39 is 51.6 Å². The van der Waals surface area contributed by atoms with Gasteiger partial charge >= 0.3 is 5.97 Å². The summed E-state index contributed by atoms with van der Waals surface area (Å²) >= 11 is 0. The smallest absolute Gasteiger partial charge is 0.338 e. The number of methoxy groups -OCH3 is 1. The molecule has 13 nitrogen and oxygen atoms in total. The lowest BCUT2D eigenvalue weighted by atomic mass is 10.1. The number of aldehydes is 1. The van der Waals surface area contributed by atoms with Crippen molar-refractivity contribution in [3.63, 3.8) is 0 Å². The number of nitrogens with two attached hydrogens (primary N) is 2. The fourth-order valence-electron chi connectivity index (χ4n) is 3.43. The lowest BCUT2D eigenvalue weighted by Gasteiger charge is -2.16. The summed E-state index contributed by atoms with van der Waals surface area (Å²) in [5, 5.41) is 2.49. The van der Waals surface area contributed by atoms with E-state index in [0.29, 0.717) is 18.4 Å². The van der Waals surface area contributed by atoms with Crippen LogP contribution >= 0.6 is 0 Å². The summed E-state index contributed by atoms with van der Waals surface area (Å²) in [6.07, 6.45) is 1.22. The van der Waals surface area contributed by atoms with Gasteiger partial charge in [-0.3, -0.25) is 19.3 Å². The molecule has 0 saturated carbocycles. The molecular weight excluding hydrogens is 523 g/mol. The number of sulfonamides is 1. The standard InChI is InChI=1S/C23H29FN6O7S/c1-14-5-8-19(29-38(35,36)13-15-10-16(24)6-7-18(15)22(34)37-2)21(33)30(14)11-20(32)28-17(12-31)4-3-9-27-23(25)26/h5-8,10,12,17,29H,3-4,9,11,13H2,1-2H3,(H,28,32)(H4,25,26,27)/t17-/m0/s1. The summed E-state index contributed by atoms with van der Waals surface area (Å²) in [5.41, 5.74) is 9.30. The molecule has 1 aromatic heterocycles. The Morgan fingerprint density at radius 2 is 1.95 bits per heavy atom. The first-order valence-electron chi connectivity index (χ1n) is 11.2. The molecule has 0 aliphatic carbocycles. The number of nitrogens with zero attached hydrogens (tertiary/aromatic N) is 2. The molecule has 2 rings (SSSR count). The van der Waals surface area contributed by atoms with Gasteiger partial charge in [0.2, 0.25) is 15.9 Å². The Kier molecular flexibility index (Phi) is 10.5. The third kappa shape index (κ3) is 8.69. The summed E-state index contributed by atoms with van der Waals surface area (Å²) in [6, 6.07) is 4.75. The number of carbonyl (C=O) groups is 3. The fourth-order valence-corrected chi connectivity index (χ4v) is 4.64. The van der Waals surface area contributed by atoms with Crippen molar-refractivity contribution in [3.05, 3.63) is 63.3 Å². The molecule has 38 heavy (non-hydrogen) atoms. The van der Waals surface area contributed by atoms with E-state index in [1.165, 1.54) is 19.1 Å². The van der Waals surface area contributed by atoms with Crippen LogP contribution in [0.2, 0.25) is 0 Å². The maximum absolute atomic E-state index is 13.7. The summed E-state index contributed by atoms with van der Waals surface area (Å²) in [6.45, 7) is 1.31. The van der Waals surface area contributed by atoms with Crippen molar-refractivity contribution in [1.82, 2.24) is 9.88 Å². The Morgan fingerprint density at radius 3 is 2.58 bits per heavy atom. The van der Waals surface area contributed by atoms with Crippen LogP contribution in [0.1, 0.15) is 34.5 Å². The van der Waals surface area contributed by atoms with Crippen LogP contribution in [0.5, 0.6) is 0 Å². The van der Waals surface area contributed by atoms with E-state index in [4.69, 9.17) is 11.5 Å². The highest BCUT2D eigenvalue weighted by Crippen LogP contribution is 2.17. The average molecular weight is 553 g/mol. The van der Waals surface area contributed by atoms with Crippen molar-refractivity contribution in [2.75, 3.05) is 18.4 Å². The quantitative estimate of drug-likeness (QED) is 0.0849. The Morgan fingerprint density at radius 1 is 1.24 bits per heavy atom. The van der Waals surface area contributed by atoms with Crippen molar-refractivity contribution in [3.8, 4) is 0 Å². The summed E-state index contributed by atoms with van der Waals surface area (Å²) < 4.78 is 47.1. The molecule has 1 amide bonds. The number of pyridine rings is 1. The van der Waals surface area contributed by atoms with Crippen LogP contribution in [0.25, 0.3) is 0 Å². The lowest BCUT2D eigenvalue weighted by molar-refractivity contribution is -0.124. The Labute approximate surface area is 218 Å². The SMILES string of the molecule is COC(=O)c1ccc(F)cc1CS(=O)(=O)Nc1ccc(C)n(CC(=O)N[C@H](C=O)CCCN=C(N)N)c1=O. The van der Waals surface area contributed by atoms with Gasteiger partial charge in [-0.25, -0.2) is 17.6 Å². The van der Waals surface area contributed by atoms with Gasteiger partial charge in [-0.05, 0) is 55.7 Å². The number of aryl methyl sites for hydroxylation is 1. The van der Waals surface area contributed by atoms with E-state index in [2.05, 4.69) is 19.8 Å². The molecule has 6 N–H and O–H groups in total. The van der Waals surface area contributed by atoms with Crippen molar-refractivity contribution in [2.45, 2.75) is 38.1 Å². The van der Waals surface area contributed by atoms with Crippen molar-refractivity contribution < 1.29 is 31.9 Å². The number of anilines is 1. The molecule has 0 radical (unpaired) electrons. The monoisotopic (exact) mass is 552 g/mol. The second-order valence-corrected chi connectivity index (χ2v) is 9.92. The Balaban J connectivity index is 2.18. The highest BCUT2D eigenvalue weighted by atomic mass is 32.2. The van der Waals surface area contributed by atoms with Crippen LogP contribution in [-0.2, 0) is 36.6 Å². The number of hydrogen-bond donors (Lipinski definition) is 4. The second-order valence-electron chi connectivity index (χ2n) is 8.19. The topological polar surface area (TPSA) is 205 Å². The minimum Gasteiger partial charge on any atom is -0.465 e. The van der Waals surface area contributed by atoms with Crippen molar-refractivity contribution >= 4 is 39.8 Å². The number of amides is 1. The number of esters is 1. The number of nitrogens with one attached hydrogen (secondary N) is 2. The van der Waals surface area contributed by atoms with Crippen LogP contribution in [0.3, 0.4) is 0 Å². The number of carbonyl (C=O) groups excluding carboxylic acids is 3. The van der Waals surface area contributed by atoms with Crippen LogP contribution in [0.15, 0.2) is 40.1 Å². The molecule has 0 bridgehead atoms. The van der Waals surface area contributed by atoms with E-state index in [9.17, 15) is 32.0 Å². The third-order valence-electron chi connectivity index (χ3n) is 5.26. The van der Waals surface area contributed by atoms with Crippen LogP contribution < -0.4 is 27.1 Å². The summed E-state index contributed by atoms with van der Waals surface area (Å²) in [7, 11) is -3.21. The van der Waals surface area contributed by atoms with Crippen LogP contribution in [0, 0.1) is 12.7 Å². The van der Waals surface area contributed by atoms with E-state index in [0.717, 1.165) is 29.9 Å². The average Bonchev–Trinajstić information content (AvgIpc) is 2.84. The zero-order valence-electron chi connectivity index (χ0n) is 20.8. The minimum absolute atomic E-state index is 0.0955. The number of halogens is 1. The molecule has 2 aromatic rings. The molecule has 0 aliphatic rings. The van der Waals surface area contributed by atoms with Gasteiger partial charge in [-0.2, -0.15) is 0 Å². The molecule has 1 atom stereocenters. The minimum atomic E-state index is -4.30. The van der Waals surface area contributed by atoms with Gasteiger partial charge in [0, 0.05) is 12.2 Å². The third-order valence-corrected chi connectivity index (χ3v) is 6.48. The lowest BCUT2D eigenvalue weighted by Crippen LogP contribution is -2.40. The molecule has 0 saturated heterocycles. The van der Waals surface area contributed by atoms with E-state index in [-0.39, 0.29) is 35.7 Å². The largest absolute Gasteiger partial charge is 0.465 e. The number of hydrogen-bond acceptors (Lipinski definition) is 8. The van der Waals surface area contributed by atoms with Crippen molar-refractivity contribution in [2.24, 2.45) is 16.5 Å². The van der Waals surface area contributed by atoms with Gasteiger partial charge in [-0.1, -0.05) is 0 Å². The van der Waals surface area contributed by atoms with Gasteiger partial charge in [0.1, 0.15) is 24.3 Å². The normalized spacial score (nSPS) is 11.8. The van der Waals surface area contributed by atoms with E-state index in [1.807, 2.05) is 0 Å². The molecule has 15 heteroatoms. The van der Waals surface area contributed by atoms with Gasteiger partial charge in [0.15, 0.2) is 5.96 Å². The number of rotatable bonds is 13. The maximum atomic E-state index is 13.7. The number of benzene rings is 1. The molecule has 1 aromatic carbocycles. The Bertz CT molecular complexity index is 1390. The first-order chi connectivity index (χ1) is 17.9. The number of aromatic nitrogens is 1. The van der Waals surface area contributed by atoms with Crippen molar-refractivity contribution in [1.29, 1.82) is 0 Å². The van der Waals surface area contributed by atoms with E-state index in [1.54, 1.807) is 0 Å². The molecule has 1 heterocycles. The molecule has 0 spiro atoms. The first kappa shape index (κ1) is 30.0. The Hall–Kier alpha value is -4.27. The summed E-state index contributed by atoms with van der Waals surface area (Å²) in [4.78, 5) is 52.5. The van der Waals surface area contributed by atoms with Gasteiger partial charge < -0.3 is 30.9 Å². The maximum Gasteiger partial charge on any atom is 0.338 e. The second kappa shape index (κ2) is 13.3. The number of aliphatic imine (C=N–C) groups is 1. The molecule has 0 unspecified atom stereocenters. The summed E-state index contributed by atoms with van der Waals surface area (Å²) in [5.74, 6) is -3.21. The first-order valence-corrected chi connectivity index (χ1v) is 12.9. The molecule has 0 fully saturated rings. The highest BCUT2D eigenvalue weighted by molar-refractivity contribution is 7.91. The number of ether oxygens (including phenoxy) is 1. The zero-order valence-corrected chi connectivity index (χ0v) is 21.6. The fraction of sp³-hybridized carbons (Fsp3) is 0.348. The van der Waals surface area contributed by atoms with E-state index >= 15 is 0 Å².